The van der Waals surface area contributed by atoms with Crippen LogP contribution in [0.15, 0.2) is 29.2 Å². The van der Waals surface area contributed by atoms with Crippen molar-refractivity contribution < 1.29 is 13.5 Å². The van der Waals surface area contributed by atoms with Gasteiger partial charge in [-0.2, -0.15) is 4.31 Å². The number of hydrogen-bond donors (Lipinski definition) is 1. The number of likely N-dealkylation sites (N-methyl/N-ethyl adjacent to an activating group) is 1. The third-order valence-electron chi connectivity index (χ3n) is 4.04. The maximum Gasteiger partial charge on any atom is 0.243 e. The Kier molecular flexibility index (Phi) is 5.37. The fourth-order valence-corrected chi connectivity index (χ4v) is 4.10. The zero-order valence-electron chi connectivity index (χ0n) is 12.7. The summed E-state index contributed by atoms with van der Waals surface area (Å²) in [6.07, 6.45) is 2.34. The standard InChI is InChI=1S/C15H24N2O3S/c1-16(2)14-9-10-17(12-14)21(19,20)15-7-5-13(6-8-15)4-3-11-18/h5-8,14,18H,3-4,9-12H2,1-2H3. The predicted molar refractivity (Wildman–Crippen MR) is 82.7 cm³/mol. The lowest BCUT2D eigenvalue weighted by atomic mass is 10.1. The summed E-state index contributed by atoms with van der Waals surface area (Å²) >= 11 is 0. The predicted octanol–water partition coefficient (Wildman–Crippen LogP) is 0.936. The van der Waals surface area contributed by atoms with E-state index in [2.05, 4.69) is 4.90 Å². The maximum atomic E-state index is 12.6. The van der Waals surface area contributed by atoms with Crippen LogP contribution in [0.3, 0.4) is 0 Å². The summed E-state index contributed by atoms with van der Waals surface area (Å²) in [6.45, 7) is 1.29. The van der Waals surface area contributed by atoms with Gasteiger partial charge in [-0.15, -0.1) is 0 Å². The third kappa shape index (κ3) is 3.83. The zero-order valence-corrected chi connectivity index (χ0v) is 13.5. The molecule has 1 fully saturated rings. The van der Waals surface area contributed by atoms with E-state index < -0.39 is 10.0 Å². The Labute approximate surface area is 127 Å². The Morgan fingerprint density at radius 1 is 1.29 bits per heavy atom. The van der Waals surface area contributed by atoms with Gasteiger partial charge in [-0.05, 0) is 51.1 Å². The van der Waals surface area contributed by atoms with Crippen LogP contribution in [0.2, 0.25) is 0 Å². The summed E-state index contributed by atoms with van der Waals surface area (Å²) in [4.78, 5) is 2.43. The molecule has 1 aliphatic rings. The second kappa shape index (κ2) is 6.87. The van der Waals surface area contributed by atoms with Crippen LogP contribution in [0.4, 0.5) is 0 Å². The molecular formula is C15H24N2O3S. The van der Waals surface area contributed by atoms with Crippen molar-refractivity contribution in [3.8, 4) is 0 Å². The van der Waals surface area contributed by atoms with Gasteiger partial charge in [0.1, 0.15) is 0 Å². The van der Waals surface area contributed by atoms with Gasteiger partial charge in [0.25, 0.3) is 0 Å². The Morgan fingerprint density at radius 2 is 1.95 bits per heavy atom. The zero-order chi connectivity index (χ0) is 15.5. The van der Waals surface area contributed by atoms with E-state index in [1.807, 2.05) is 26.2 Å². The molecule has 0 bridgehead atoms. The fraction of sp³-hybridized carbons (Fsp3) is 0.600. The van der Waals surface area contributed by atoms with Crippen molar-refractivity contribution >= 4 is 10.0 Å². The number of nitrogens with zero attached hydrogens (tertiary/aromatic N) is 2. The van der Waals surface area contributed by atoms with Crippen molar-refractivity contribution in [2.45, 2.75) is 30.2 Å². The molecule has 1 aromatic carbocycles. The van der Waals surface area contributed by atoms with Gasteiger partial charge in [-0.3, -0.25) is 0 Å². The summed E-state index contributed by atoms with van der Waals surface area (Å²) in [5.74, 6) is 0. The quantitative estimate of drug-likeness (QED) is 0.849. The smallest absolute Gasteiger partial charge is 0.243 e. The number of aliphatic hydroxyl groups is 1. The fourth-order valence-electron chi connectivity index (χ4n) is 2.61. The highest BCUT2D eigenvalue weighted by Crippen LogP contribution is 2.23. The summed E-state index contributed by atoms with van der Waals surface area (Å²) in [6, 6.07) is 7.31. The number of aryl methyl sites for hydroxylation is 1. The van der Waals surface area contributed by atoms with Crippen LogP contribution < -0.4 is 0 Å². The first-order chi connectivity index (χ1) is 9.95. The second-order valence-electron chi connectivity index (χ2n) is 5.74. The van der Waals surface area contributed by atoms with Crippen LogP contribution >= 0.6 is 0 Å². The maximum absolute atomic E-state index is 12.6. The number of rotatable bonds is 6. The van der Waals surface area contributed by atoms with Crippen molar-refractivity contribution in [2.75, 3.05) is 33.8 Å². The minimum Gasteiger partial charge on any atom is -0.396 e. The van der Waals surface area contributed by atoms with Crippen molar-refractivity contribution in [3.63, 3.8) is 0 Å². The minimum atomic E-state index is -3.39. The van der Waals surface area contributed by atoms with Crippen molar-refractivity contribution in [3.05, 3.63) is 29.8 Å². The minimum absolute atomic E-state index is 0.153. The molecule has 0 spiro atoms. The van der Waals surface area contributed by atoms with Gasteiger partial charge >= 0.3 is 0 Å². The van der Waals surface area contributed by atoms with Crippen molar-refractivity contribution in [1.82, 2.24) is 9.21 Å². The number of aliphatic hydroxyl groups excluding tert-OH is 1. The van der Waals surface area contributed by atoms with Gasteiger partial charge in [0, 0.05) is 25.7 Å². The van der Waals surface area contributed by atoms with E-state index in [-0.39, 0.29) is 6.61 Å². The Morgan fingerprint density at radius 3 is 2.48 bits per heavy atom. The van der Waals surface area contributed by atoms with Gasteiger partial charge in [-0.25, -0.2) is 8.42 Å². The molecule has 0 amide bonds. The average molecular weight is 312 g/mol. The summed E-state index contributed by atoms with van der Waals surface area (Å²) in [7, 11) is 0.581. The lowest BCUT2D eigenvalue weighted by Gasteiger charge is -2.20. The topological polar surface area (TPSA) is 60.9 Å². The third-order valence-corrected chi connectivity index (χ3v) is 5.92. The molecule has 1 atom stereocenters. The van der Waals surface area contributed by atoms with Crippen LogP contribution in [-0.2, 0) is 16.4 Å². The van der Waals surface area contributed by atoms with E-state index in [0.717, 1.165) is 18.4 Å². The largest absolute Gasteiger partial charge is 0.396 e. The SMILES string of the molecule is CN(C)C1CCN(S(=O)(=O)c2ccc(CCCO)cc2)C1. The molecule has 0 radical (unpaired) electrons. The monoisotopic (exact) mass is 312 g/mol. The molecular weight excluding hydrogens is 288 g/mol. The van der Waals surface area contributed by atoms with Gasteiger partial charge in [-0.1, -0.05) is 12.1 Å². The molecule has 118 valence electrons. The molecule has 1 heterocycles. The molecule has 1 saturated heterocycles. The van der Waals surface area contributed by atoms with Gasteiger partial charge < -0.3 is 10.0 Å². The normalized spacial score (nSPS) is 20.3. The summed E-state index contributed by atoms with van der Waals surface area (Å²) in [5, 5.41) is 8.82. The number of hydrogen-bond acceptors (Lipinski definition) is 4. The molecule has 0 aromatic heterocycles. The summed E-state index contributed by atoms with van der Waals surface area (Å²) < 4.78 is 26.8. The van der Waals surface area contributed by atoms with E-state index in [1.54, 1.807) is 16.4 Å². The lowest BCUT2D eigenvalue weighted by Crippen LogP contribution is -2.34. The first kappa shape index (κ1) is 16.4. The van der Waals surface area contributed by atoms with Crippen molar-refractivity contribution in [2.24, 2.45) is 0 Å². The van der Waals surface area contributed by atoms with Crippen LogP contribution in [0.1, 0.15) is 18.4 Å². The van der Waals surface area contributed by atoms with Crippen LogP contribution in [0.5, 0.6) is 0 Å². The van der Waals surface area contributed by atoms with E-state index in [1.165, 1.54) is 0 Å². The average Bonchev–Trinajstić information content (AvgIpc) is 2.96. The van der Waals surface area contributed by atoms with Crippen LogP contribution in [0, 0.1) is 0 Å². The molecule has 1 unspecified atom stereocenters. The molecule has 1 aromatic rings. The number of sulfonamides is 1. The second-order valence-corrected chi connectivity index (χ2v) is 7.68. The van der Waals surface area contributed by atoms with Gasteiger partial charge in [0.05, 0.1) is 4.90 Å². The molecule has 5 nitrogen and oxygen atoms in total. The molecule has 6 heteroatoms. The lowest BCUT2D eigenvalue weighted by molar-refractivity contribution is 0.288. The van der Waals surface area contributed by atoms with Crippen molar-refractivity contribution in [1.29, 1.82) is 0 Å². The molecule has 2 rings (SSSR count). The Bertz CT molecular complexity index is 555. The Balaban J connectivity index is 2.09. The first-order valence-corrected chi connectivity index (χ1v) is 8.75. The highest BCUT2D eigenvalue weighted by molar-refractivity contribution is 7.89. The molecule has 0 aliphatic carbocycles. The van der Waals surface area contributed by atoms with Crippen LogP contribution in [0.25, 0.3) is 0 Å². The summed E-state index contributed by atoms with van der Waals surface area (Å²) in [5.41, 5.74) is 1.05. The molecule has 1 aliphatic heterocycles. The van der Waals surface area contributed by atoms with Gasteiger partial charge in [0.15, 0.2) is 0 Å². The molecule has 0 saturated carbocycles. The van der Waals surface area contributed by atoms with E-state index in [4.69, 9.17) is 5.11 Å². The van der Waals surface area contributed by atoms with E-state index in [9.17, 15) is 8.42 Å². The number of benzene rings is 1. The van der Waals surface area contributed by atoms with Gasteiger partial charge in [0.2, 0.25) is 10.0 Å². The van der Waals surface area contributed by atoms with Crippen LogP contribution in [-0.4, -0.2) is 62.6 Å². The molecule has 1 N–H and O–H groups in total. The molecule has 21 heavy (non-hydrogen) atoms. The highest BCUT2D eigenvalue weighted by Gasteiger charge is 2.33. The Hall–Kier alpha value is -0.950. The van der Waals surface area contributed by atoms with E-state index >= 15 is 0 Å². The highest BCUT2D eigenvalue weighted by atomic mass is 32.2. The van der Waals surface area contributed by atoms with E-state index in [0.29, 0.717) is 30.4 Å². The first-order valence-electron chi connectivity index (χ1n) is 7.31.